The number of methoxy groups -OCH3 is 3. The number of hydrogen-bond donors (Lipinski definition) is 6. The van der Waals surface area contributed by atoms with Crippen LogP contribution in [0.3, 0.4) is 0 Å². The number of aromatic hydroxyl groups is 1. The molecule has 0 saturated carbocycles. The summed E-state index contributed by atoms with van der Waals surface area (Å²) >= 11 is 0. The van der Waals surface area contributed by atoms with Gasteiger partial charge >= 0.3 is 0 Å². The van der Waals surface area contributed by atoms with Crippen LogP contribution in [-0.4, -0.2) is 95.4 Å². The predicted molar refractivity (Wildman–Crippen MR) is 122 cm³/mol. The first-order valence-corrected chi connectivity index (χ1v) is 11.2. The van der Waals surface area contributed by atoms with Crippen LogP contribution in [-0.2, 0) is 11.2 Å². The van der Waals surface area contributed by atoms with Gasteiger partial charge in [0.1, 0.15) is 41.7 Å². The molecular formula is C24H30O12. The standard InChI is InChI=1S/C24H30O12/c1-31-14-6-11(34-24-22(30)21(29)20(28)18(9-25)36-24)7-15-12(14)8-13(26)23(35-15)10-4-16(32-2)19(27)17(5-10)33-3/h4-7,13,18,20-30H,8-9H2,1-3H3. The second-order valence-electron chi connectivity index (χ2n) is 8.50. The Morgan fingerprint density at radius 1 is 0.861 bits per heavy atom. The van der Waals surface area contributed by atoms with Crippen molar-refractivity contribution in [1.29, 1.82) is 0 Å². The van der Waals surface area contributed by atoms with Crippen molar-refractivity contribution >= 4 is 0 Å². The molecule has 0 bridgehead atoms. The van der Waals surface area contributed by atoms with Gasteiger partial charge < -0.3 is 59.1 Å². The third kappa shape index (κ3) is 4.71. The first-order valence-electron chi connectivity index (χ1n) is 11.2. The van der Waals surface area contributed by atoms with Crippen LogP contribution >= 0.6 is 0 Å². The molecule has 2 aromatic rings. The molecule has 4 rings (SSSR count). The summed E-state index contributed by atoms with van der Waals surface area (Å²) in [6.07, 6.45) is -8.95. The van der Waals surface area contributed by atoms with Crippen LogP contribution in [0.2, 0.25) is 0 Å². The van der Waals surface area contributed by atoms with E-state index >= 15 is 0 Å². The van der Waals surface area contributed by atoms with Gasteiger partial charge in [-0.1, -0.05) is 0 Å². The summed E-state index contributed by atoms with van der Waals surface area (Å²) in [5.41, 5.74) is 1.05. The molecule has 2 heterocycles. The van der Waals surface area contributed by atoms with Crippen molar-refractivity contribution in [2.24, 2.45) is 0 Å². The molecule has 1 saturated heterocycles. The van der Waals surface area contributed by atoms with E-state index in [-0.39, 0.29) is 29.4 Å². The molecule has 2 aliphatic heterocycles. The second kappa shape index (κ2) is 10.5. The topological polar surface area (TPSA) is 177 Å². The highest BCUT2D eigenvalue weighted by Crippen LogP contribution is 2.46. The highest BCUT2D eigenvalue weighted by atomic mass is 16.7. The maximum absolute atomic E-state index is 10.9. The number of aliphatic hydroxyl groups excluding tert-OH is 5. The summed E-state index contributed by atoms with van der Waals surface area (Å²) in [5, 5.41) is 60.9. The lowest BCUT2D eigenvalue weighted by Crippen LogP contribution is -2.60. The fraction of sp³-hybridized carbons (Fsp3) is 0.500. The Balaban J connectivity index is 1.65. The van der Waals surface area contributed by atoms with Gasteiger partial charge in [-0.05, 0) is 12.1 Å². The molecule has 6 N–H and O–H groups in total. The van der Waals surface area contributed by atoms with E-state index in [1.807, 2.05) is 0 Å². The molecule has 1 fully saturated rings. The molecule has 7 unspecified atom stereocenters. The number of hydrogen-bond acceptors (Lipinski definition) is 12. The molecule has 2 aliphatic rings. The summed E-state index contributed by atoms with van der Waals surface area (Å²) < 4.78 is 33.1. The zero-order valence-electron chi connectivity index (χ0n) is 19.9. The second-order valence-corrected chi connectivity index (χ2v) is 8.50. The molecule has 0 amide bonds. The van der Waals surface area contributed by atoms with Gasteiger partial charge in [0.2, 0.25) is 12.0 Å². The molecule has 0 radical (unpaired) electrons. The van der Waals surface area contributed by atoms with E-state index in [4.69, 9.17) is 28.4 Å². The molecule has 12 heteroatoms. The lowest BCUT2D eigenvalue weighted by molar-refractivity contribution is -0.277. The number of phenols is 1. The number of rotatable bonds is 7. The first kappa shape index (κ1) is 26.1. The molecule has 198 valence electrons. The highest BCUT2D eigenvalue weighted by molar-refractivity contribution is 5.55. The third-order valence-electron chi connectivity index (χ3n) is 6.31. The highest BCUT2D eigenvalue weighted by Gasteiger charge is 2.45. The summed E-state index contributed by atoms with van der Waals surface area (Å²) in [6.45, 7) is -0.597. The van der Waals surface area contributed by atoms with Crippen LogP contribution in [0.25, 0.3) is 0 Å². The smallest absolute Gasteiger partial charge is 0.229 e. The summed E-state index contributed by atoms with van der Waals surface area (Å²) in [5.74, 6) is 0.893. The van der Waals surface area contributed by atoms with Crippen molar-refractivity contribution in [3.63, 3.8) is 0 Å². The molecule has 12 nitrogen and oxygen atoms in total. The van der Waals surface area contributed by atoms with Gasteiger partial charge in [0, 0.05) is 29.7 Å². The fourth-order valence-electron chi connectivity index (χ4n) is 4.35. The van der Waals surface area contributed by atoms with Crippen LogP contribution in [0.5, 0.6) is 34.5 Å². The van der Waals surface area contributed by atoms with E-state index in [1.165, 1.54) is 45.6 Å². The minimum Gasteiger partial charge on any atom is -0.502 e. The minimum absolute atomic E-state index is 0.142. The molecule has 0 spiro atoms. The van der Waals surface area contributed by atoms with Crippen LogP contribution in [0, 0.1) is 0 Å². The Bertz CT molecular complexity index is 1050. The van der Waals surface area contributed by atoms with Crippen molar-refractivity contribution in [3.05, 3.63) is 35.4 Å². The molecule has 36 heavy (non-hydrogen) atoms. The Morgan fingerprint density at radius 3 is 2.08 bits per heavy atom. The fourth-order valence-corrected chi connectivity index (χ4v) is 4.35. The van der Waals surface area contributed by atoms with E-state index in [0.717, 1.165) is 0 Å². The Kier molecular flexibility index (Phi) is 7.64. The van der Waals surface area contributed by atoms with Crippen molar-refractivity contribution in [2.45, 2.75) is 49.3 Å². The number of phenolic OH excluding ortho intramolecular Hbond substituents is 1. The maximum atomic E-state index is 10.9. The Hall–Kier alpha value is -3.00. The number of aliphatic hydroxyl groups is 5. The largest absolute Gasteiger partial charge is 0.502 e. The summed E-state index contributed by atoms with van der Waals surface area (Å²) in [6, 6.07) is 6.07. The molecule has 0 aromatic heterocycles. The molecule has 7 atom stereocenters. The van der Waals surface area contributed by atoms with Crippen LogP contribution in [0.15, 0.2) is 24.3 Å². The number of benzene rings is 2. The maximum Gasteiger partial charge on any atom is 0.229 e. The van der Waals surface area contributed by atoms with Crippen molar-refractivity contribution in [2.75, 3.05) is 27.9 Å². The monoisotopic (exact) mass is 510 g/mol. The van der Waals surface area contributed by atoms with Crippen molar-refractivity contribution in [1.82, 2.24) is 0 Å². The Labute approximate surface area is 206 Å². The van der Waals surface area contributed by atoms with Gasteiger partial charge in [-0.3, -0.25) is 0 Å². The first-order chi connectivity index (χ1) is 17.2. The zero-order valence-corrected chi connectivity index (χ0v) is 19.9. The number of fused-ring (bicyclic) bond motifs is 1. The summed E-state index contributed by atoms with van der Waals surface area (Å²) in [7, 11) is 4.21. The average molecular weight is 510 g/mol. The van der Waals surface area contributed by atoms with E-state index in [1.54, 1.807) is 0 Å². The zero-order chi connectivity index (χ0) is 26.1. The molecular weight excluding hydrogens is 480 g/mol. The quantitative estimate of drug-likeness (QED) is 0.285. The lowest BCUT2D eigenvalue weighted by Gasteiger charge is -2.39. The summed E-state index contributed by atoms with van der Waals surface area (Å²) in [4.78, 5) is 0. The van der Waals surface area contributed by atoms with Crippen molar-refractivity contribution < 1.29 is 59.1 Å². The molecule has 2 aromatic carbocycles. The molecule has 0 aliphatic carbocycles. The van der Waals surface area contributed by atoms with Crippen LogP contribution < -0.4 is 23.7 Å². The van der Waals surface area contributed by atoms with E-state index in [2.05, 4.69) is 0 Å². The van der Waals surface area contributed by atoms with Gasteiger partial charge in [0.25, 0.3) is 0 Å². The van der Waals surface area contributed by atoms with Crippen LogP contribution in [0.1, 0.15) is 17.2 Å². The van der Waals surface area contributed by atoms with Gasteiger partial charge in [-0.25, -0.2) is 0 Å². The van der Waals surface area contributed by atoms with Gasteiger partial charge in [0.15, 0.2) is 17.6 Å². The van der Waals surface area contributed by atoms with Gasteiger partial charge in [0.05, 0.1) is 34.0 Å². The van der Waals surface area contributed by atoms with Gasteiger partial charge in [-0.15, -0.1) is 0 Å². The minimum atomic E-state index is -1.60. The van der Waals surface area contributed by atoms with E-state index in [0.29, 0.717) is 22.6 Å². The van der Waals surface area contributed by atoms with Gasteiger partial charge in [-0.2, -0.15) is 0 Å². The normalized spacial score (nSPS) is 29.6. The lowest BCUT2D eigenvalue weighted by atomic mass is 9.93. The SMILES string of the molecule is COc1cc(C2Oc3cc(OC4OC(CO)C(O)C(O)C4O)cc(OC)c3CC2O)cc(OC)c1O. The Morgan fingerprint density at radius 2 is 1.50 bits per heavy atom. The number of ether oxygens (including phenoxy) is 6. The predicted octanol–water partition coefficient (Wildman–Crippen LogP) is -0.366. The van der Waals surface area contributed by atoms with E-state index < -0.39 is 49.5 Å². The van der Waals surface area contributed by atoms with Crippen LogP contribution in [0.4, 0.5) is 0 Å². The third-order valence-corrected chi connectivity index (χ3v) is 6.31. The van der Waals surface area contributed by atoms with E-state index in [9.17, 15) is 30.6 Å². The average Bonchev–Trinajstić information content (AvgIpc) is 2.88. The van der Waals surface area contributed by atoms with Crippen molar-refractivity contribution in [3.8, 4) is 34.5 Å².